The SMILES string of the molecule is CN(C)CCCN(C(=O)c1cccc([N+](=O)[O-])c1)c1nc2cc3c(cc2s1)OCO3.Cl. The summed E-state index contributed by atoms with van der Waals surface area (Å²) in [5.41, 5.74) is 0.843. The number of thiazole rings is 1. The van der Waals surface area contributed by atoms with Gasteiger partial charge >= 0.3 is 0 Å². The Kier molecular flexibility index (Phi) is 6.94. The van der Waals surface area contributed by atoms with Gasteiger partial charge in [0, 0.05) is 36.4 Å². The van der Waals surface area contributed by atoms with Crippen LogP contribution in [0.2, 0.25) is 0 Å². The van der Waals surface area contributed by atoms with Crippen molar-refractivity contribution >= 4 is 50.7 Å². The van der Waals surface area contributed by atoms with Gasteiger partial charge in [0.15, 0.2) is 16.6 Å². The molecule has 0 atom stereocenters. The van der Waals surface area contributed by atoms with Gasteiger partial charge in [-0.2, -0.15) is 0 Å². The van der Waals surface area contributed by atoms with E-state index in [1.54, 1.807) is 17.0 Å². The van der Waals surface area contributed by atoms with Crippen LogP contribution in [-0.2, 0) is 0 Å². The molecule has 164 valence electrons. The van der Waals surface area contributed by atoms with E-state index in [9.17, 15) is 14.9 Å². The lowest BCUT2D eigenvalue weighted by molar-refractivity contribution is -0.384. The molecule has 1 amide bonds. The summed E-state index contributed by atoms with van der Waals surface area (Å²) < 4.78 is 11.7. The zero-order chi connectivity index (χ0) is 21.3. The van der Waals surface area contributed by atoms with Gasteiger partial charge in [-0.05, 0) is 33.1 Å². The molecule has 0 saturated carbocycles. The number of hydrogen-bond acceptors (Lipinski definition) is 8. The van der Waals surface area contributed by atoms with Gasteiger partial charge in [0.05, 0.1) is 15.1 Å². The first-order valence-electron chi connectivity index (χ1n) is 9.33. The lowest BCUT2D eigenvalue weighted by Crippen LogP contribution is -2.33. The van der Waals surface area contributed by atoms with Gasteiger partial charge in [0.2, 0.25) is 6.79 Å². The second kappa shape index (κ2) is 9.46. The number of halogens is 1. The summed E-state index contributed by atoms with van der Waals surface area (Å²) in [5, 5.41) is 11.7. The van der Waals surface area contributed by atoms with Crippen molar-refractivity contribution in [3.63, 3.8) is 0 Å². The number of carbonyl (C=O) groups excluding carboxylic acids is 1. The number of benzene rings is 2. The number of non-ortho nitro benzene ring substituents is 1. The van der Waals surface area contributed by atoms with Crippen LogP contribution in [0.1, 0.15) is 16.8 Å². The number of nitro groups is 1. The molecular weight excluding hydrogens is 444 g/mol. The largest absolute Gasteiger partial charge is 0.454 e. The van der Waals surface area contributed by atoms with Crippen LogP contribution < -0.4 is 14.4 Å². The standard InChI is InChI=1S/C20H20N4O5S.ClH/c1-22(2)7-4-8-23(19(25)13-5-3-6-14(9-13)24(26)27)20-21-15-10-16-17(29-12-28-16)11-18(15)30-20;/h3,5-6,9-11H,4,7-8,12H2,1-2H3;1H. The molecule has 1 aliphatic rings. The number of fused-ring (bicyclic) bond motifs is 2. The average Bonchev–Trinajstić information content (AvgIpc) is 3.34. The molecule has 0 aliphatic carbocycles. The summed E-state index contributed by atoms with van der Waals surface area (Å²) in [6.07, 6.45) is 0.728. The number of anilines is 1. The van der Waals surface area contributed by atoms with Crippen molar-refractivity contribution in [3.05, 3.63) is 52.1 Å². The Bertz CT molecular complexity index is 1080. The minimum Gasteiger partial charge on any atom is -0.454 e. The van der Waals surface area contributed by atoms with Gasteiger partial charge in [-0.15, -0.1) is 12.4 Å². The van der Waals surface area contributed by atoms with Gasteiger partial charge in [-0.25, -0.2) is 4.98 Å². The molecule has 2 aromatic carbocycles. The number of carbonyl (C=O) groups is 1. The third kappa shape index (κ3) is 4.87. The highest BCUT2D eigenvalue weighted by Gasteiger charge is 2.24. The lowest BCUT2D eigenvalue weighted by Gasteiger charge is -2.21. The summed E-state index contributed by atoms with van der Waals surface area (Å²) in [7, 11) is 3.93. The predicted molar refractivity (Wildman–Crippen MR) is 121 cm³/mol. The molecule has 11 heteroatoms. The molecular formula is C20H21ClN4O5S. The highest BCUT2D eigenvalue weighted by Crippen LogP contribution is 2.40. The number of ether oxygens (including phenoxy) is 2. The first-order valence-corrected chi connectivity index (χ1v) is 10.2. The Labute approximate surface area is 188 Å². The zero-order valence-electron chi connectivity index (χ0n) is 16.9. The van der Waals surface area contributed by atoms with Crippen LogP contribution in [0.3, 0.4) is 0 Å². The Hall–Kier alpha value is -2.95. The molecule has 0 bridgehead atoms. The van der Waals surface area contributed by atoms with Crippen LogP contribution in [0.4, 0.5) is 10.8 Å². The summed E-state index contributed by atoms with van der Waals surface area (Å²) in [4.78, 5) is 32.1. The molecule has 0 radical (unpaired) electrons. The lowest BCUT2D eigenvalue weighted by atomic mass is 10.1. The van der Waals surface area contributed by atoms with Gasteiger partial charge < -0.3 is 14.4 Å². The van der Waals surface area contributed by atoms with E-state index in [-0.39, 0.29) is 36.4 Å². The highest BCUT2D eigenvalue weighted by molar-refractivity contribution is 7.22. The highest BCUT2D eigenvalue weighted by atomic mass is 35.5. The summed E-state index contributed by atoms with van der Waals surface area (Å²) in [6, 6.07) is 9.41. The Morgan fingerprint density at radius 1 is 1.19 bits per heavy atom. The summed E-state index contributed by atoms with van der Waals surface area (Å²) in [5.74, 6) is 0.960. The number of amides is 1. The molecule has 31 heavy (non-hydrogen) atoms. The fraction of sp³-hybridized carbons (Fsp3) is 0.300. The minimum atomic E-state index is -0.508. The molecule has 0 fully saturated rings. The van der Waals surface area contributed by atoms with Crippen molar-refractivity contribution in [1.29, 1.82) is 0 Å². The monoisotopic (exact) mass is 464 g/mol. The van der Waals surface area contributed by atoms with Gasteiger partial charge in [0.1, 0.15) is 0 Å². The maximum atomic E-state index is 13.3. The van der Waals surface area contributed by atoms with Crippen molar-refractivity contribution in [1.82, 2.24) is 9.88 Å². The van der Waals surface area contributed by atoms with Crippen LogP contribution >= 0.6 is 23.7 Å². The molecule has 0 unspecified atom stereocenters. The van der Waals surface area contributed by atoms with Crippen LogP contribution in [0.5, 0.6) is 11.5 Å². The topological polar surface area (TPSA) is 98.0 Å². The van der Waals surface area contributed by atoms with Gasteiger partial charge in [-0.1, -0.05) is 17.4 Å². The molecule has 2 heterocycles. The van der Waals surface area contributed by atoms with Crippen LogP contribution in [-0.4, -0.2) is 54.7 Å². The molecule has 4 rings (SSSR count). The van der Waals surface area contributed by atoms with Crippen LogP contribution in [0.25, 0.3) is 10.2 Å². The normalized spacial score (nSPS) is 12.1. The molecule has 0 saturated heterocycles. The van der Waals surface area contributed by atoms with E-state index in [0.29, 0.717) is 28.7 Å². The number of aromatic nitrogens is 1. The number of rotatable bonds is 7. The molecule has 1 aliphatic heterocycles. The van der Waals surface area contributed by atoms with Crippen molar-refractivity contribution in [3.8, 4) is 11.5 Å². The van der Waals surface area contributed by atoms with E-state index < -0.39 is 4.92 Å². The smallest absolute Gasteiger partial charge is 0.270 e. The zero-order valence-corrected chi connectivity index (χ0v) is 18.6. The summed E-state index contributed by atoms with van der Waals surface area (Å²) >= 11 is 1.37. The Morgan fingerprint density at radius 3 is 2.65 bits per heavy atom. The Balaban J connectivity index is 0.00000272. The van der Waals surface area contributed by atoms with E-state index in [0.717, 1.165) is 17.7 Å². The molecule has 9 nitrogen and oxygen atoms in total. The van der Waals surface area contributed by atoms with Crippen molar-refractivity contribution < 1.29 is 19.2 Å². The van der Waals surface area contributed by atoms with E-state index in [2.05, 4.69) is 4.98 Å². The third-order valence-electron chi connectivity index (χ3n) is 4.64. The van der Waals surface area contributed by atoms with E-state index in [1.165, 1.54) is 29.5 Å². The number of nitro benzene ring substituents is 1. The maximum Gasteiger partial charge on any atom is 0.270 e. The second-order valence-electron chi connectivity index (χ2n) is 7.09. The Morgan fingerprint density at radius 2 is 1.94 bits per heavy atom. The maximum absolute atomic E-state index is 13.3. The van der Waals surface area contributed by atoms with Crippen molar-refractivity contribution in [2.45, 2.75) is 6.42 Å². The fourth-order valence-electron chi connectivity index (χ4n) is 3.16. The van der Waals surface area contributed by atoms with Crippen molar-refractivity contribution in [2.75, 3.05) is 38.9 Å². The average molecular weight is 465 g/mol. The fourth-order valence-corrected chi connectivity index (χ4v) is 4.16. The first kappa shape index (κ1) is 22.7. The minimum absolute atomic E-state index is 0. The molecule has 0 N–H and O–H groups in total. The van der Waals surface area contributed by atoms with E-state index >= 15 is 0 Å². The van der Waals surface area contributed by atoms with Gasteiger partial charge in [0.25, 0.3) is 11.6 Å². The second-order valence-corrected chi connectivity index (χ2v) is 8.10. The van der Waals surface area contributed by atoms with Crippen LogP contribution in [0.15, 0.2) is 36.4 Å². The van der Waals surface area contributed by atoms with Gasteiger partial charge in [-0.3, -0.25) is 19.8 Å². The molecule has 3 aromatic rings. The van der Waals surface area contributed by atoms with E-state index in [4.69, 9.17) is 9.47 Å². The van der Waals surface area contributed by atoms with Crippen molar-refractivity contribution in [2.24, 2.45) is 0 Å². The van der Waals surface area contributed by atoms with Crippen LogP contribution in [0, 0.1) is 10.1 Å². The number of hydrogen-bond donors (Lipinski definition) is 0. The molecule has 1 aromatic heterocycles. The predicted octanol–water partition coefficient (Wildman–Crippen LogP) is 3.95. The van der Waals surface area contributed by atoms with E-state index in [1.807, 2.05) is 25.1 Å². The quantitative estimate of drug-likeness (QED) is 0.385. The third-order valence-corrected chi connectivity index (χ3v) is 5.68. The first-order chi connectivity index (χ1) is 14.4. The summed E-state index contributed by atoms with van der Waals surface area (Å²) in [6.45, 7) is 1.41. The number of nitrogens with zero attached hydrogens (tertiary/aromatic N) is 4. The molecule has 0 spiro atoms.